The van der Waals surface area contributed by atoms with Crippen LogP contribution in [-0.2, 0) is 0 Å². The van der Waals surface area contributed by atoms with Crippen LogP contribution in [0, 0.1) is 0 Å². The number of fused-ring (bicyclic) bond motifs is 9. The summed E-state index contributed by atoms with van der Waals surface area (Å²) >= 11 is 0. The molecule has 7 rings (SSSR count). The Hall–Kier alpha value is -5.11. The predicted octanol–water partition coefficient (Wildman–Crippen LogP) is 5.05. The molecule has 7 aromatic rings. The summed E-state index contributed by atoms with van der Waals surface area (Å²) in [6, 6.07) is 18.5. The summed E-state index contributed by atoms with van der Waals surface area (Å²) in [5, 5.41) is 36.3. The first-order valence-corrected chi connectivity index (χ1v) is 10.9. The zero-order chi connectivity index (χ0) is 23.8. The summed E-state index contributed by atoms with van der Waals surface area (Å²) in [4.78, 5) is 23.9. The molecule has 0 saturated heterocycles. The zero-order valence-corrected chi connectivity index (χ0v) is 18.0. The van der Waals surface area contributed by atoms with Gasteiger partial charge in [-0.15, -0.1) is 4.73 Å². The minimum absolute atomic E-state index is 0.265. The van der Waals surface area contributed by atoms with Gasteiger partial charge in [-0.2, -0.15) is 0 Å². The fourth-order valence-corrected chi connectivity index (χ4v) is 5.10. The molecule has 168 valence electrons. The second-order valence-electron chi connectivity index (χ2n) is 8.45. The van der Waals surface area contributed by atoms with Gasteiger partial charge in [0.25, 0.3) is 0 Å². The second-order valence-corrected chi connectivity index (χ2v) is 8.45. The molecule has 8 nitrogen and oxygen atoms in total. The van der Waals surface area contributed by atoms with Crippen LogP contribution in [0.4, 0.5) is 0 Å². The number of phenolic OH excluding ortho intramolecular Hbond substituents is 2. The van der Waals surface area contributed by atoms with Gasteiger partial charge in [0.05, 0.1) is 10.9 Å². The van der Waals surface area contributed by atoms with Crippen LogP contribution >= 0.6 is 0 Å². The second kappa shape index (κ2) is 6.71. The van der Waals surface area contributed by atoms with E-state index in [1.807, 2.05) is 42.5 Å². The van der Waals surface area contributed by atoms with Crippen LogP contribution in [0.3, 0.4) is 0 Å². The zero-order valence-electron chi connectivity index (χ0n) is 18.0. The van der Waals surface area contributed by atoms with Gasteiger partial charge in [-0.1, -0.05) is 36.4 Å². The third-order valence-corrected chi connectivity index (χ3v) is 6.64. The topological polar surface area (TPSA) is 124 Å². The van der Waals surface area contributed by atoms with Crippen LogP contribution in [0.1, 0.15) is 0 Å². The molecule has 0 aliphatic carbocycles. The Morgan fingerprint density at radius 2 is 1.49 bits per heavy atom. The van der Waals surface area contributed by atoms with Crippen molar-refractivity contribution in [3.63, 3.8) is 0 Å². The molecular formula is C27H16N4O4. The number of pyridine rings is 2. The molecular weight excluding hydrogens is 444 g/mol. The number of hydrogen-bond acceptors (Lipinski definition) is 6. The van der Waals surface area contributed by atoms with Crippen molar-refractivity contribution in [2.45, 2.75) is 0 Å². The maximum Gasteiger partial charge on any atom is 0.359 e. The lowest BCUT2D eigenvalue weighted by Crippen LogP contribution is -2.13. The van der Waals surface area contributed by atoms with E-state index in [0.29, 0.717) is 54.1 Å². The SMILES string of the molecule is O=c1[nH]c2c3ccccc3c3ccc(-c4ccnc5c4c(O)c(O)c4cccnc45)cc3c2n1O. The van der Waals surface area contributed by atoms with E-state index in [9.17, 15) is 20.2 Å². The number of nitrogens with zero attached hydrogens (tertiary/aromatic N) is 3. The van der Waals surface area contributed by atoms with E-state index in [2.05, 4.69) is 15.0 Å². The first-order valence-electron chi connectivity index (χ1n) is 10.9. The molecule has 4 N–H and O–H groups in total. The van der Waals surface area contributed by atoms with E-state index >= 15 is 0 Å². The Morgan fingerprint density at radius 1 is 0.743 bits per heavy atom. The Morgan fingerprint density at radius 3 is 2.34 bits per heavy atom. The molecule has 0 amide bonds. The fourth-order valence-electron chi connectivity index (χ4n) is 5.10. The minimum atomic E-state index is -0.627. The molecule has 3 heterocycles. The summed E-state index contributed by atoms with van der Waals surface area (Å²) in [6.07, 6.45) is 3.23. The largest absolute Gasteiger partial charge is 0.504 e. The van der Waals surface area contributed by atoms with Crippen molar-refractivity contribution in [3.8, 4) is 22.6 Å². The lowest BCUT2D eigenvalue weighted by molar-refractivity contribution is 0.188. The van der Waals surface area contributed by atoms with Crippen LogP contribution in [0.15, 0.2) is 77.9 Å². The highest BCUT2D eigenvalue weighted by molar-refractivity contribution is 6.24. The number of aromatic hydroxyl groups is 2. The minimum Gasteiger partial charge on any atom is -0.504 e. The van der Waals surface area contributed by atoms with Crippen LogP contribution < -0.4 is 5.69 Å². The molecule has 0 spiro atoms. The maximum absolute atomic E-state index is 12.3. The highest BCUT2D eigenvalue weighted by atomic mass is 16.5. The molecule has 0 unspecified atom stereocenters. The summed E-state index contributed by atoms with van der Waals surface area (Å²) in [5.74, 6) is -0.549. The van der Waals surface area contributed by atoms with Gasteiger partial charge in [-0.05, 0) is 46.2 Å². The van der Waals surface area contributed by atoms with Gasteiger partial charge in [-0.25, -0.2) is 4.79 Å². The maximum atomic E-state index is 12.3. The van der Waals surface area contributed by atoms with Gasteiger partial charge < -0.3 is 20.4 Å². The van der Waals surface area contributed by atoms with E-state index in [1.54, 1.807) is 30.6 Å². The van der Waals surface area contributed by atoms with Crippen LogP contribution in [0.25, 0.3) is 65.5 Å². The molecule has 0 atom stereocenters. The molecule has 4 aromatic carbocycles. The van der Waals surface area contributed by atoms with Gasteiger partial charge >= 0.3 is 5.69 Å². The van der Waals surface area contributed by atoms with Crippen LogP contribution in [0.5, 0.6) is 11.5 Å². The molecule has 0 bridgehead atoms. The van der Waals surface area contributed by atoms with E-state index < -0.39 is 5.69 Å². The molecule has 0 radical (unpaired) electrons. The van der Waals surface area contributed by atoms with Crippen molar-refractivity contribution in [2.75, 3.05) is 0 Å². The quantitative estimate of drug-likeness (QED) is 0.154. The molecule has 3 aromatic heterocycles. The molecule has 8 heteroatoms. The number of nitrogens with one attached hydrogen (secondary N) is 1. The lowest BCUT2D eigenvalue weighted by Gasteiger charge is -2.13. The highest BCUT2D eigenvalue weighted by Crippen LogP contribution is 2.45. The molecule has 0 aliphatic heterocycles. The predicted molar refractivity (Wildman–Crippen MR) is 134 cm³/mol. The standard InChI is InChI=1S/C27H16N4O4/c32-25-18-6-3-10-28-21(18)23-20(26(25)33)14(9-11-29-23)13-7-8-16-15-4-1-2-5-17(15)22-24(19(16)12-13)31(35)27(34)30-22/h1-12,32-33,35H,(H,30,34). The number of benzene rings is 4. The number of aromatic nitrogens is 4. The lowest BCUT2D eigenvalue weighted by atomic mass is 9.94. The van der Waals surface area contributed by atoms with E-state index in [-0.39, 0.29) is 11.5 Å². The van der Waals surface area contributed by atoms with Gasteiger partial charge in [0.1, 0.15) is 16.6 Å². The first kappa shape index (κ1) is 19.4. The third kappa shape index (κ3) is 2.47. The van der Waals surface area contributed by atoms with Crippen molar-refractivity contribution >= 4 is 54.4 Å². The van der Waals surface area contributed by atoms with Crippen molar-refractivity contribution in [2.24, 2.45) is 0 Å². The van der Waals surface area contributed by atoms with E-state index in [0.717, 1.165) is 16.2 Å². The van der Waals surface area contributed by atoms with Crippen LogP contribution in [-0.4, -0.2) is 35.1 Å². The average Bonchev–Trinajstić information content (AvgIpc) is 3.21. The number of aromatic amines is 1. The normalized spacial score (nSPS) is 11.9. The van der Waals surface area contributed by atoms with Gasteiger partial charge in [0.15, 0.2) is 11.5 Å². The average molecular weight is 460 g/mol. The van der Waals surface area contributed by atoms with E-state index in [1.165, 1.54) is 0 Å². The summed E-state index contributed by atoms with van der Waals surface area (Å²) in [5.41, 5.74) is 2.54. The number of phenols is 2. The molecule has 0 saturated carbocycles. The van der Waals surface area contributed by atoms with E-state index in [4.69, 9.17) is 0 Å². The van der Waals surface area contributed by atoms with Crippen LogP contribution in [0.2, 0.25) is 0 Å². The van der Waals surface area contributed by atoms with Crippen molar-refractivity contribution in [1.82, 2.24) is 19.7 Å². The Labute approximate surface area is 195 Å². The van der Waals surface area contributed by atoms with Crippen molar-refractivity contribution in [3.05, 3.63) is 83.5 Å². The van der Waals surface area contributed by atoms with Gasteiger partial charge in [-0.3, -0.25) is 9.97 Å². The Bertz CT molecular complexity index is 2070. The Kier molecular flexibility index (Phi) is 3.71. The Balaban J connectivity index is 1.64. The van der Waals surface area contributed by atoms with Crippen molar-refractivity contribution in [1.29, 1.82) is 0 Å². The number of hydrogen-bond donors (Lipinski definition) is 4. The fraction of sp³-hybridized carbons (Fsp3) is 0. The third-order valence-electron chi connectivity index (χ3n) is 6.64. The number of imidazole rings is 1. The first-order chi connectivity index (χ1) is 17.0. The highest BCUT2D eigenvalue weighted by Gasteiger charge is 2.20. The smallest absolute Gasteiger partial charge is 0.359 e. The van der Waals surface area contributed by atoms with Gasteiger partial charge in [0.2, 0.25) is 0 Å². The summed E-state index contributed by atoms with van der Waals surface area (Å²) in [6.45, 7) is 0. The number of rotatable bonds is 1. The van der Waals surface area contributed by atoms with Crippen molar-refractivity contribution < 1.29 is 15.4 Å². The number of H-pyrrole nitrogens is 1. The summed E-state index contributed by atoms with van der Waals surface area (Å²) in [7, 11) is 0. The monoisotopic (exact) mass is 460 g/mol. The molecule has 35 heavy (non-hydrogen) atoms. The summed E-state index contributed by atoms with van der Waals surface area (Å²) < 4.78 is 0.624. The molecule has 0 fully saturated rings. The molecule has 0 aliphatic rings. The van der Waals surface area contributed by atoms with Gasteiger partial charge in [0, 0.05) is 28.6 Å².